The number of nitrogens with zero attached hydrogens (tertiary/aromatic N) is 2. The lowest BCUT2D eigenvalue weighted by Crippen LogP contribution is -2.36. The fourth-order valence-electron chi connectivity index (χ4n) is 3.94. The van der Waals surface area contributed by atoms with Crippen molar-refractivity contribution in [3.05, 3.63) is 29.8 Å². The van der Waals surface area contributed by atoms with Gasteiger partial charge in [-0.05, 0) is 62.9 Å². The van der Waals surface area contributed by atoms with Crippen LogP contribution in [0, 0.1) is 5.92 Å². The standard InChI is InChI=1S/C19H30N2O2/c1-5-17(14(2)13-20(3)4)15-8-6-9-16(12-15)21-11-7-10-18(21)19(22)23/h6,8-9,12,14,17-18H,5,7,10-11,13H2,1-4H3,(H,22,23)/t14-,17+,18?/m0/s1. The third-order valence-corrected chi connectivity index (χ3v) is 4.95. The van der Waals surface area contributed by atoms with E-state index in [9.17, 15) is 9.90 Å². The van der Waals surface area contributed by atoms with Gasteiger partial charge in [-0.3, -0.25) is 0 Å². The minimum Gasteiger partial charge on any atom is -0.480 e. The molecule has 0 saturated carbocycles. The minimum atomic E-state index is -0.707. The summed E-state index contributed by atoms with van der Waals surface area (Å²) in [6.07, 6.45) is 2.80. The Bertz CT molecular complexity index is 530. The van der Waals surface area contributed by atoms with Gasteiger partial charge in [-0.2, -0.15) is 0 Å². The van der Waals surface area contributed by atoms with Crippen LogP contribution in [0.15, 0.2) is 24.3 Å². The normalized spacial score (nSPS) is 20.7. The van der Waals surface area contributed by atoms with E-state index in [1.807, 2.05) is 6.07 Å². The smallest absolute Gasteiger partial charge is 0.326 e. The molecule has 1 aromatic carbocycles. The van der Waals surface area contributed by atoms with E-state index in [1.165, 1.54) is 5.56 Å². The molecule has 2 rings (SSSR count). The molecule has 0 bridgehead atoms. The molecule has 0 aromatic heterocycles. The summed E-state index contributed by atoms with van der Waals surface area (Å²) in [5.74, 6) is 0.364. The van der Waals surface area contributed by atoms with Crippen LogP contribution in [0.4, 0.5) is 5.69 Å². The summed E-state index contributed by atoms with van der Waals surface area (Å²) in [7, 11) is 4.22. The van der Waals surface area contributed by atoms with Crippen LogP contribution in [0.3, 0.4) is 0 Å². The topological polar surface area (TPSA) is 43.8 Å². The van der Waals surface area contributed by atoms with Gasteiger partial charge in [-0.15, -0.1) is 0 Å². The summed E-state index contributed by atoms with van der Waals surface area (Å²) >= 11 is 0. The summed E-state index contributed by atoms with van der Waals surface area (Å²) in [5, 5.41) is 9.41. The Morgan fingerprint density at radius 2 is 2.17 bits per heavy atom. The van der Waals surface area contributed by atoms with Gasteiger partial charge in [0.1, 0.15) is 6.04 Å². The molecule has 1 fully saturated rings. The van der Waals surface area contributed by atoms with E-state index in [0.29, 0.717) is 11.8 Å². The Morgan fingerprint density at radius 3 is 2.78 bits per heavy atom. The lowest BCUT2D eigenvalue weighted by Gasteiger charge is -2.28. The minimum absolute atomic E-state index is 0.371. The first-order valence-electron chi connectivity index (χ1n) is 8.68. The molecule has 1 saturated heterocycles. The Hall–Kier alpha value is -1.55. The molecule has 1 aliphatic rings. The molecule has 23 heavy (non-hydrogen) atoms. The number of carboxylic acids is 1. The van der Waals surface area contributed by atoms with Gasteiger partial charge in [-0.25, -0.2) is 4.79 Å². The number of aliphatic carboxylic acids is 1. The highest BCUT2D eigenvalue weighted by Gasteiger charge is 2.31. The molecule has 128 valence electrons. The van der Waals surface area contributed by atoms with Gasteiger partial charge >= 0.3 is 5.97 Å². The first-order valence-corrected chi connectivity index (χ1v) is 8.68. The van der Waals surface area contributed by atoms with Gasteiger partial charge in [0, 0.05) is 18.8 Å². The van der Waals surface area contributed by atoms with Crippen molar-refractivity contribution >= 4 is 11.7 Å². The third-order valence-electron chi connectivity index (χ3n) is 4.95. The monoisotopic (exact) mass is 318 g/mol. The molecule has 0 radical (unpaired) electrons. The first-order chi connectivity index (χ1) is 10.9. The van der Waals surface area contributed by atoms with Crippen LogP contribution in [0.5, 0.6) is 0 Å². The molecule has 1 N–H and O–H groups in total. The Kier molecular flexibility index (Phi) is 6.05. The molecule has 1 unspecified atom stereocenters. The van der Waals surface area contributed by atoms with E-state index in [4.69, 9.17) is 0 Å². The Balaban J connectivity index is 2.23. The van der Waals surface area contributed by atoms with E-state index in [0.717, 1.165) is 38.0 Å². The van der Waals surface area contributed by atoms with Crippen molar-refractivity contribution in [2.24, 2.45) is 5.92 Å². The number of benzene rings is 1. The largest absolute Gasteiger partial charge is 0.480 e. The second-order valence-electron chi connectivity index (χ2n) is 7.04. The van der Waals surface area contributed by atoms with Crippen LogP contribution in [0.2, 0.25) is 0 Å². The maximum absolute atomic E-state index is 11.4. The number of hydrogen-bond donors (Lipinski definition) is 1. The number of rotatable bonds is 7. The molecule has 0 aliphatic carbocycles. The van der Waals surface area contributed by atoms with E-state index < -0.39 is 5.97 Å². The quantitative estimate of drug-likeness (QED) is 0.836. The summed E-state index contributed by atoms with van der Waals surface area (Å²) < 4.78 is 0. The van der Waals surface area contributed by atoms with Crippen LogP contribution in [-0.4, -0.2) is 49.2 Å². The van der Waals surface area contributed by atoms with Crippen molar-refractivity contribution in [2.45, 2.75) is 45.1 Å². The zero-order chi connectivity index (χ0) is 17.0. The highest BCUT2D eigenvalue weighted by atomic mass is 16.4. The summed E-state index contributed by atoms with van der Waals surface area (Å²) in [6, 6.07) is 8.16. The molecule has 4 heteroatoms. The zero-order valence-corrected chi connectivity index (χ0v) is 14.8. The second kappa shape index (κ2) is 7.82. The SMILES string of the molecule is CC[C@@H](c1cccc(N2CCCC2C(=O)O)c1)[C@@H](C)CN(C)C. The van der Waals surface area contributed by atoms with Crippen molar-refractivity contribution in [3.63, 3.8) is 0 Å². The lowest BCUT2D eigenvalue weighted by molar-refractivity contribution is -0.138. The van der Waals surface area contributed by atoms with E-state index in [2.05, 4.69) is 55.9 Å². The van der Waals surface area contributed by atoms with E-state index >= 15 is 0 Å². The molecular formula is C19H30N2O2. The van der Waals surface area contributed by atoms with Gasteiger partial charge in [0.2, 0.25) is 0 Å². The number of carbonyl (C=O) groups is 1. The fourth-order valence-corrected chi connectivity index (χ4v) is 3.94. The summed E-state index contributed by atoms with van der Waals surface area (Å²) in [4.78, 5) is 15.7. The van der Waals surface area contributed by atoms with Crippen LogP contribution >= 0.6 is 0 Å². The zero-order valence-electron chi connectivity index (χ0n) is 14.8. The van der Waals surface area contributed by atoms with Gasteiger partial charge in [0.25, 0.3) is 0 Å². The van der Waals surface area contributed by atoms with Gasteiger partial charge < -0.3 is 14.9 Å². The second-order valence-corrected chi connectivity index (χ2v) is 7.04. The number of carboxylic acid groups (broad SMARTS) is 1. The molecule has 0 amide bonds. The highest BCUT2D eigenvalue weighted by Crippen LogP contribution is 2.33. The molecular weight excluding hydrogens is 288 g/mol. The molecule has 1 heterocycles. The molecule has 1 aliphatic heterocycles. The van der Waals surface area contributed by atoms with Crippen molar-refractivity contribution in [1.82, 2.24) is 4.90 Å². The third kappa shape index (κ3) is 4.25. The van der Waals surface area contributed by atoms with E-state index in [1.54, 1.807) is 0 Å². The van der Waals surface area contributed by atoms with Crippen molar-refractivity contribution < 1.29 is 9.90 Å². The molecule has 0 spiro atoms. The highest BCUT2D eigenvalue weighted by molar-refractivity contribution is 5.79. The Labute approximate surface area is 140 Å². The van der Waals surface area contributed by atoms with Crippen molar-refractivity contribution in [3.8, 4) is 0 Å². The van der Waals surface area contributed by atoms with Gasteiger partial charge in [0.05, 0.1) is 0 Å². The predicted molar refractivity (Wildman–Crippen MR) is 95.2 cm³/mol. The number of anilines is 1. The maximum atomic E-state index is 11.4. The average molecular weight is 318 g/mol. The molecule has 4 nitrogen and oxygen atoms in total. The fraction of sp³-hybridized carbons (Fsp3) is 0.632. The van der Waals surface area contributed by atoms with Crippen LogP contribution in [0.25, 0.3) is 0 Å². The Morgan fingerprint density at radius 1 is 1.43 bits per heavy atom. The predicted octanol–water partition coefficient (Wildman–Crippen LogP) is 3.43. The maximum Gasteiger partial charge on any atom is 0.326 e. The van der Waals surface area contributed by atoms with E-state index in [-0.39, 0.29) is 6.04 Å². The van der Waals surface area contributed by atoms with Gasteiger partial charge in [-0.1, -0.05) is 26.0 Å². The summed E-state index contributed by atoms with van der Waals surface area (Å²) in [6.45, 7) is 6.44. The van der Waals surface area contributed by atoms with Crippen LogP contribution in [0.1, 0.15) is 44.6 Å². The molecule has 3 atom stereocenters. The molecule has 1 aromatic rings. The van der Waals surface area contributed by atoms with Crippen LogP contribution < -0.4 is 4.90 Å². The summed E-state index contributed by atoms with van der Waals surface area (Å²) in [5.41, 5.74) is 2.39. The van der Waals surface area contributed by atoms with Crippen molar-refractivity contribution in [1.29, 1.82) is 0 Å². The lowest BCUT2D eigenvalue weighted by atomic mass is 9.84. The van der Waals surface area contributed by atoms with Crippen molar-refractivity contribution in [2.75, 3.05) is 32.1 Å². The first kappa shape index (κ1) is 17.8. The number of hydrogen-bond acceptors (Lipinski definition) is 3. The average Bonchev–Trinajstić information content (AvgIpc) is 2.97. The van der Waals surface area contributed by atoms with Gasteiger partial charge in [0.15, 0.2) is 0 Å². The van der Waals surface area contributed by atoms with Crippen LogP contribution in [-0.2, 0) is 4.79 Å².